The summed E-state index contributed by atoms with van der Waals surface area (Å²) in [5.74, 6) is 0.786. The molecular weight excluding hydrogens is 358 g/mol. The van der Waals surface area contributed by atoms with E-state index in [0.29, 0.717) is 13.2 Å². The van der Waals surface area contributed by atoms with Crippen molar-refractivity contribution >= 4 is 11.6 Å². The van der Waals surface area contributed by atoms with Crippen LogP contribution in [-0.2, 0) is 13.2 Å². The molecule has 0 spiro atoms. The quantitative estimate of drug-likeness (QED) is 0.687. The highest BCUT2D eigenvalue weighted by molar-refractivity contribution is 6.30. The van der Waals surface area contributed by atoms with Crippen molar-refractivity contribution in [3.8, 4) is 16.9 Å². The summed E-state index contributed by atoms with van der Waals surface area (Å²) in [6.07, 6.45) is -0.462. The van der Waals surface area contributed by atoms with Crippen LogP contribution >= 0.6 is 11.6 Å². The first-order valence-corrected chi connectivity index (χ1v) is 9.43. The SMILES string of the molecule is CN1Cc2ccc(OCc3cccc(-c4ccc(Cl)cc4)c3)cc2[C@@H](O)C1. The summed E-state index contributed by atoms with van der Waals surface area (Å²) in [6.45, 7) is 1.99. The summed E-state index contributed by atoms with van der Waals surface area (Å²) in [5.41, 5.74) is 5.49. The van der Waals surface area contributed by atoms with Gasteiger partial charge in [0, 0.05) is 18.1 Å². The molecule has 0 aliphatic carbocycles. The number of aliphatic hydroxyl groups is 1. The molecule has 0 saturated carbocycles. The van der Waals surface area contributed by atoms with Gasteiger partial charge in [0.25, 0.3) is 0 Å². The first kappa shape index (κ1) is 18.1. The Labute approximate surface area is 164 Å². The van der Waals surface area contributed by atoms with Gasteiger partial charge < -0.3 is 9.84 Å². The minimum absolute atomic E-state index is 0.462. The van der Waals surface area contributed by atoms with Crippen molar-refractivity contribution in [3.05, 3.63) is 88.4 Å². The first-order valence-electron chi connectivity index (χ1n) is 9.05. The van der Waals surface area contributed by atoms with E-state index in [-0.39, 0.29) is 0 Å². The topological polar surface area (TPSA) is 32.7 Å². The normalized spacial score (nSPS) is 16.8. The van der Waals surface area contributed by atoms with E-state index in [2.05, 4.69) is 23.1 Å². The zero-order chi connectivity index (χ0) is 18.8. The second-order valence-electron chi connectivity index (χ2n) is 7.07. The number of rotatable bonds is 4. The Morgan fingerprint density at radius 1 is 1.04 bits per heavy atom. The molecule has 0 bridgehead atoms. The zero-order valence-corrected chi connectivity index (χ0v) is 16.0. The molecule has 0 radical (unpaired) electrons. The number of fused-ring (bicyclic) bond motifs is 1. The van der Waals surface area contributed by atoms with Gasteiger partial charge >= 0.3 is 0 Å². The van der Waals surface area contributed by atoms with Crippen LogP contribution in [0, 0.1) is 0 Å². The van der Waals surface area contributed by atoms with Crippen molar-refractivity contribution in [1.29, 1.82) is 0 Å². The molecule has 0 amide bonds. The number of hydrogen-bond acceptors (Lipinski definition) is 3. The van der Waals surface area contributed by atoms with Gasteiger partial charge in [0.05, 0.1) is 6.10 Å². The Morgan fingerprint density at radius 3 is 2.67 bits per heavy atom. The van der Waals surface area contributed by atoms with Crippen molar-refractivity contribution in [1.82, 2.24) is 4.90 Å². The molecule has 0 fully saturated rings. The lowest BCUT2D eigenvalue weighted by atomic mass is 9.97. The maximum absolute atomic E-state index is 10.3. The van der Waals surface area contributed by atoms with Crippen molar-refractivity contribution in [2.24, 2.45) is 0 Å². The van der Waals surface area contributed by atoms with Crippen LogP contribution in [0.25, 0.3) is 11.1 Å². The van der Waals surface area contributed by atoms with Gasteiger partial charge in [0.2, 0.25) is 0 Å². The molecule has 1 heterocycles. The maximum atomic E-state index is 10.3. The molecule has 1 aliphatic rings. The van der Waals surface area contributed by atoms with E-state index < -0.39 is 6.10 Å². The Bertz CT molecular complexity index is 939. The zero-order valence-electron chi connectivity index (χ0n) is 15.2. The number of aliphatic hydroxyl groups excluding tert-OH is 1. The third-order valence-corrected chi connectivity index (χ3v) is 5.16. The van der Waals surface area contributed by atoms with Crippen molar-refractivity contribution in [2.75, 3.05) is 13.6 Å². The summed E-state index contributed by atoms with van der Waals surface area (Å²) in [7, 11) is 2.02. The van der Waals surface area contributed by atoms with E-state index >= 15 is 0 Å². The minimum Gasteiger partial charge on any atom is -0.489 e. The lowest BCUT2D eigenvalue weighted by Crippen LogP contribution is -2.30. The van der Waals surface area contributed by atoms with Gasteiger partial charge in [-0.1, -0.05) is 48.0 Å². The fraction of sp³-hybridized carbons (Fsp3) is 0.217. The molecule has 27 heavy (non-hydrogen) atoms. The summed E-state index contributed by atoms with van der Waals surface area (Å²) in [4.78, 5) is 2.12. The molecule has 0 unspecified atom stereocenters. The van der Waals surface area contributed by atoms with Crippen LogP contribution in [0.5, 0.6) is 5.75 Å². The highest BCUT2D eigenvalue weighted by atomic mass is 35.5. The summed E-state index contributed by atoms with van der Waals surface area (Å²) in [6, 6.07) is 22.1. The Hall–Kier alpha value is -2.33. The third kappa shape index (κ3) is 4.16. The van der Waals surface area contributed by atoms with Gasteiger partial charge in [0.15, 0.2) is 0 Å². The molecule has 1 N–H and O–H groups in total. The van der Waals surface area contributed by atoms with Crippen LogP contribution in [0.15, 0.2) is 66.7 Å². The highest BCUT2D eigenvalue weighted by Crippen LogP contribution is 2.30. The predicted molar refractivity (Wildman–Crippen MR) is 109 cm³/mol. The number of β-amino-alcohol motifs (C(OH)–C–C–N with tert-alkyl or cyclic N) is 1. The van der Waals surface area contributed by atoms with Crippen molar-refractivity contribution in [3.63, 3.8) is 0 Å². The number of ether oxygens (including phenoxy) is 1. The number of likely N-dealkylation sites (N-methyl/N-ethyl adjacent to an activating group) is 1. The lowest BCUT2D eigenvalue weighted by Gasteiger charge is -2.29. The molecule has 4 rings (SSSR count). The number of hydrogen-bond donors (Lipinski definition) is 1. The highest BCUT2D eigenvalue weighted by Gasteiger charge is 2.21. The van der Waals surface area contributed by atoms with Crippen molar-refractivity contribution in [2.45, 2.75) is 19.3 Å². The second-order valence-corrected chi connectivity index (χ2v) is 7.51. The molecule has 0 aromatic heterocycles. The standard InChI is InChI=1S/C23H22ClNO2/c1-25-13-19-7-10-21(12-22(19)23(26)14-25)27-15-16-3-2-4-18(11-16)17-5-8-20(24)9-6-17/h2-12,23,26H,13-15H2,1H3/t23-/m0/s1. The average Bonchev–Trinajstić information content (AvgIpc) is 2.67. The lowest BCUT2D eigenvalue weighted by molar-refractivity contribution is 0.107. The van der Waals surface area contributed by atoms with Gasteiger partial charge in [0.1, 0.15) is 12.4 Å². The first-order chi connectivity index (χ1) is 13.1. The van der Waals surface area contributed by atoms with Crippen LogP contribution in [0.3, 0.4) is 0 Å². The number of benzene rings is 3. The van der Waals surface area contributed by atoms with Crippen LogP contribution in [-0.4, -0.2) is 23.6 Å². The molecule has 1 aliphatic heterocycles. The van der Waals surface area contributed by atoms with Crippen LogP contribution in [0.4, 0.5) is 0 Å². The van der Waals surface area contributed by atoms with Crippen LogP contribution in [0.1, 0.15) is 22.8 Å². The summed E-state index contributed by atoms with van der Waals surface area (Å²) in [5, 5.41) is 11.1. The van der Waals surface area contributed by atoms with E-state index in [4.69, 9.17) is 16.3 Å². The van der Waals surface area contributed by atoms with E-state index in [1.807, 2.05) is 55.6 Å². The van der Waals surface area contributed by atoms with Gasteiger partial charge in [-0.2, -0.15) is 0 Å². The summed E-state index contributed by atoms with van der Waals surface area (Å²) < 4.78 is 6.00. The largest absolute Gasteiger partial charge is 0.489 e. The Kier molecular flexibility index (Phi) is 5.17. The van der Waals surface area contributed by atoms with Gasteiger partial charge in [-0.3, -0.25) is 4.90 Å². The minimum atomic E-state index is -0.462. The Morgan fingerprint density at radius 2 is 1.85 bits per heavy atom. The fourth-order valence-electron chi connectivity index (χ4n) is 3.52. The fourth-order valence-corrected chi connectivity index (χ4v) is 3.64. The molecule has 3 aromatic rings. The van der Waals surface area contributed by atoms with Gasteiger partial charge in [-0.25, -0.2) is 0 Å². The van der Waals surface area contributed by atoms with Gasteiger partial charge in [-0.05, 0) is 65.2 Å². The molecular formula is C23H22ClNO2. The predicted octanol–water partition coefficient (Wildman–Crippen LogP) is 5.06. The molecule has 4 heteroatoms. The molecule has 0 saturated heterocycles. The molecule has 3 nitrogen and oxygen atoms in total. The van der Waals surface area contributed by atoms with E-state index in [1.54, 1.807) is 0 Å². The number of halogens is 1. The molecule has 3 aromatic carbocycles. The van der Waals surface area contributed by atoms with E-state index in [0.717, 1.165) is 45.1 Å². The second kappa shape index (κ2) is 7.73. The third-order valence-electron chi connectivity index (χ3n) is 4.91. The van der Waals surface area contributed by atoms with Crippen LogP contribution in [0.2, 0.25) is 5.02 Å². The summed E-state index contributed by atoms with van der Waals surface area (Å²) >= 11 is 5.98. The Balaban J connectivity index is 1.49. The maximum Gasteiger partial charge on any atom is 0.120 e. The van der Waals surface area contributed by atoms with Gasteiger partial charge in [-0.15, -0.1) is 0 Å². The number of nitrogens with zero attached hydrogens (tertiary/aromatic N) is 1. The van der Waals surface area contributed by atoms with E-state index in [9.17, 15) is 5.11 Å². The van der Waals surface area contributed by atoms with Crippen LogP contribution < -0.4 is 4.74 Å². The molecule has 138 valence electrons. The average molecular weight is 380 g/mol. The monoisotopic (exact) mass is 379 g/mol. The van der Waals surface area contributed by atoms with E-state index in [1.165, 1.54) is 0 Å². The molecule has 1 atom stereocenters. The van der Waals surface area contributed by atoms with Crippen molar-refractivity contribution < 1.29 is 9.84 Å². The smallest absolute Gasteiger partial charge is 0.120 e.